The van der Waals surface area contributed by atoms with Gasteiger partial charge < -0.3 is 10.2 Å². The molecule has 1 aromatic carbocycles. The van der Waals surface area contributed by atoms with Gasteiger partial charge in [-0.3, -0.25) is 0 Å². The number of nitrogens with zero attached hydrogens (tertiary/aromatic N) is 1. The Morgan fingerprint density at radius 2 is 1.88 bits per heavy atom. The van der Waals surface area contributed by atoms with Crippen molar-refractivity contribution in [2.75, 3.05) is 31.8 Å². The number of anilines is 1. The van der Waals surface area contributed by atoms with Gasteiger partial charge >= 0.3 is 0 Å². The fourth-order valence-electron chi connectivity index (χ4n) is 1.57. The summed E-state index contributed by atoms with van der Waals surface area (Å²) in [4.78, 5) is 2.12. The molecular formula is C14H24N2S. The van der Waals surface area contributed by atoms with E-state index in [-0.39, 0.29) is 0 Å². The van der Waals surface area contributed by atoms with E-state index in [9.17, 15) is 0 Å². The van der Waals surface area contributed by atoms with Crippen LogP contribution in [0.2, 0.25) is 0 Å². The molecule has 0 radical (unpaired) electrons. The van der Waals surface area contributed by atoms with Gasteiger partial charge in [0.15, 0.2) is 0 Å². The van der Waals surface area contributed by atoms with Crippen LogP contribution in [0.25, 0.3) is 0 Å². The third-order valence-corrected chi connectivity index (χ3v) is 3.95. The van der Waals surface area contributed by atoms with Crippen molar-refractivity contribution in [2.24, 2.45) is 0 Å². The molecule has 0 spiro atoms. The zero-order valence-electron chi connectivity index (χ0n) is 11.4. The highest BCUT2D eigenvalue weighted by Gasteiger charge is 1.99. The first-order chi connectivity index (χ1) is 8.13. The van der Waals surface area contributed by atoms with Gasteiger partial charge in [0.2, 0.25) is 0 Å². The molecule has 3 heteroatoms. The maximum atomic E-state index is 3.49. The van der Waals surface area contributed by atoms with Gasteiger partial charge in [0.25, 0.3) is 0 Å². The first-order valence-corrected chi connectivity index (χ1v) is 7.42. The highest BCUT2D eigenvalue weighted by molar-refractivity contribution is 7.99. The molecule has 1 rings (SSSR count). The predicted molar refractivity (Wildman–Crippen MR) is 80.1 cm³/mol. The van der Waals surface area contributed by atoms with Crippen LogP contribution in [0.4, 0.5) is 5.69 Å². The van der Waals surface area contributed by atoms with E-state index in [0.29, 0.717) is 0 Å². The number of thioether (sulfide) groups is 1. The van der Waals surface area contributed by atoms with Crippen LogP contribution in [0.3, 0.4) is 0 Å². The standard InChI is InChI=1S/C14H24N2S/c1-12(17-4)9-10-15-11-13-5-7-14(8-6-13)16(2)3/h5-8,12,15H,9-11H2,1-4H3. The Labute approximate surface area is 110 Å². The number of hydrogen-bond donors (Lipinski definition) is 1. The summed E-state index contributed by atoms with van der Waals surface area (Å²) >= 11 is 1.93. The minimum atomic E-state index is 0.749. The Morgan fingerprint density at radius 1 is 1.24 bits per heavy atom. The molecule has 1 N–H and O–H groups in total. The Balaban J connectivity index is 2.28. The Bertz CT molecular complexity index is 309. The molecule has 0 heterocycles. The zero-order chi connectivity index (χ0) is 12.7. The van der Waals surface area contributed by atoms with Crippen LogP contribution in [0.15, 0.2) is 24.3 Å². The second kappa shape index (κ2) is 7.62. The lowest BCUT2D eigenvalue weighted by molar-refractivity contribution is 0.648. The number of hydrogen-bond acceptors (Lipinski definition) is 3. The molecule has 0 bridgehead atoms. The average molecular weight is 252 g/mol. The molecule has 1 aromatic rings. The lowest BCUT2D eigenvalue weighted by Crippen LogP contribution is -2.17. The van der Waals surface area contributed by atoms with Crippen LogP contribution >= 0.6 is 11.8 Å². The minimum Gasteiger partial charge on any atom is -0.378 e. The number of benzene rings is 1. The second-order valence-corrected chi connectivity index (χ2v) is 5.85. The van der Waals surface area contributed by atoms with Crippen LogP contribution in [-0.2, 0) is 6.54 Å². The normalized spacial score (nSPS) is 12.5. The van der Waals surface area contributed by atoms with Crippen LogP contribution in [-0.4, -0.2) is 32.1 Å². The van der Waals surface area contributed by atoms with Gasteiger partial charge in [0, 0.05) is 31.6 Å². The molecule has 0 fully saturated rings. The van der Waals surface area contributed by atoms with Gasteiger partial charge in [-0.05, 0) is 36.9 Å². The fourth-order valence-corrected chi connectivity index (χ4v) is 1.92. The molecule has 17 heavy (non-hydrogen) atoms. The van der Waals surface area contributed by atoms with Crippen LogP contribution in [0, 0.1) is 0 Å². The molecular weight excluding hydrogens is 228 g/mol. The molecule has 0 saturated carbocycles. The summed E-state index contributed by atoms with van der Waals surface area (Å²) in [5.41, 5.74) is 2.61. The van der Waals surface area contributed by atoms with E-state index >= 15 is 0 Å². The van der Waals surface area contributed by atoms with Crippen molar-refractivity contribution >= 4 is 17.4 Å². The van der Waals surface area contributed by atoms with E-state index in [2.05, 4.69) is 61.8 Å². The summed E-state index contributed by atoms with van der Waals surface area (Å²) in [7, 11) is 4.13. The van der Waals surface area contributed by atoms with Gasteiger partial charge in [-0.25, -0.2) is 0 Å². The highest BCUT2D eigenvalue weighted by atomic mass is 32.2. The van der Waals surface area contributed by atoms with E-state index in [1.54, 1.807) is 0 Å². The zero-order valence-corrected chi connectivity index (χ0v) is 12.2. The minimum absolute atomic E-state index is 0.749. The molecule has 1 unspecified atom stereocenters. The van der Waals surface area contributed by atoms with Gasteiger partial charge in [0.1, 0.15) is 0 Å². The van der Waals surface area contributed by atoms with Crippen molar-refractivity contribution in [3.8, 4) is 0 Å². The Morgan fingerprint density at radius 3 is 2.41 bits per heavy atom. The molecule has 0 aliphatic carbocycles. The van der Waals surface area contributed by atoms with Crippen LogP contribution in [0.5, 0.6) is 0 Å². The van der Waals surface area contributed by atoms with Crippen LogP contribution in [0.1, 0.15) is 18.9 Å². The van der Waals surface area contributed by atoms with E-state index in [4.69, 9.17) is 0 Å². The summed E-state index contributed by atoms with van der Waals surface area (Å²) in [6, 6.07) is 8.73. The van der Waals surface area contributed by atoms with Crippen LogP contribution < -0.4 is 10.2 Å². The topological polar surface area (TPSA) is 15.3 Å². The summed E-state index contributed by atoms with van der Waals surface area (Å²) in [5, 5.41) is 4.24. The van der Waals surface area contributed by atoms with E-state index in [0.717, 1.165) is 18.3 Å². The summed E-state index contributed by atoms with van der Waals surface area (Å²) < 4.78 is 0. The van der Waals surface area contributed by atoms with Gasteiger partial charge in [-0.2, -0.15) is 11.8 Å². The Kier molecular flexibility index (Phi) is 6.45. The quantitative estimate of drug-likeness (QED) is 0.751. The van der Waals surface area contributed by atoms with Crippen molar-refractivity contribution in [1.82, 2.24) is 5.32 Å². The average Bonchev–Trinajstić information content (AvgIpc) is 2.34. The van der Waals surface area contributed by atoms with Gasteiger partial charge in [-0.1, -0.05) is 19.1 Å². The van der Waals surface area contributed by atoms with Crippen molar-refractivity contribution < 1.29 is 0 Å². The third-order valence-electron chi connectivity index (χ3n) is 2.91. The molecule has 0 aromatic heterocycles. The SMILES string of the molecule is CSC(C)CCNCc1ccc(N(C)C)cc1. The smallest absolute Gasteiger partial charge is 0.0361 e. The maximum Gasteiger partial charge on any atom is 0.0361 e. The molecule has 96 valence electrons. The molecule has 2 nitrogen and oxygen atoms in total. The molecule has 1 atom stereocenters. The van der Waals surface area contributed by atoms with E-state index in [1.165, 1.54) is 17.7 Å². The first kappa shape index (κ1) is 14.4. The van der Waals surface area contributed by atoms with Crippen molar-refractivity contribution in [1.29, 1.82) is 0 Å². The monoisotopic (exact) mass is 252 g/mol. The summed E-state index contributed by atoms with van der Waals surface area (Å²) in [6.07, 6.45) is 3.40. The number of rotatable bonds is 7. The van der Waals surface area contributed by atoms with Crippen molar-refractivity contribution in [3.05, 3.63) is 29.8 Å². The Hall–Kier alpha value is -0.670. The first-order valence-electron chi connectivity index (χ1n) is 6.13. The molecule has 0 aliphatic heterocycles. The molecule has 0 amide bonds. The van der Waals surface area contributed by atoms with Crippen molar-refractivity contribution in [3.63, 3.8) is 0 Å². The van der Waals surface area contributed by atoms with E-state index in [1.807, 2.05) is 11.8 Å². The summed E-state index contributed by atoms with van der Waals surface area (Å²) in [5.74, 6) is 0. The lowest BCUT2D eigenvalue weighted by Gasteiger charge is -2.13. The van der Waals surface area contributed by atoms with Gasteiger partial charge in [0.05, 0.1) is 0 Å². The second-order valence-electron chi connectivity index (χ2n) is 4.57. The largest absolute Gasteiger partial charge is 0.378 e. The maximum absolute atomic E-state index is 3.49. The highest BCUT2D eigenvalue weighted by Crippen LogP contribution is 2.12. The third kappa shape index (κ3) is 5.46. The molecule has 0 aliphatic rings. The fraction of sp³-hybridized carbons (Fsp3) is 0.571. The number of nitrogens with one attached hydrogen (secondary N) is 1. The van der Waals surface area contributed by atoms with Crippen molar-refractivity contribution in [2.45, 2.75) is 25.1 Å². The summed E-state index contributed by atoms with van der Waals surface area (Å²) in [6.45, 7) is 4.34. The van der Waals surface area contributed by atoms with E-state index < -0.39 is 0 Å². The predicted octanol–water partition coefficient (Wildman–Crippen LogP) is 2.98. The van der Waals surface area contributed by atoms with Gasteiger partial charge in [-0.15, -0.1) is 0 Å². The molecule has 0 saturated heterocycles. The lowest BCUT2D eigenvalue weighted by atomic mass is 10.2.